The third-order valence-electron chi connectivity index (χ3n) is 2.92. The van der Waals surface area contributed by atoms with Crippen LogP contribution in [0.15, 0.2) is 48.5 Å². The van der Waals surface area contributed by atoms with Crippen LogP contribution in [0.25, 0.3) is 0 Å². The van der Waals surface area contributed by atoms with Gasteiger partial charge in [0.25, 0.3) is 0 Å². The highest BCUT2D eigenvalue weighted by Crippen LogP contribution is 2.18. The lowest BCUT2D eigenvalue weighted by molar-refractivity contribution is -0.131. The second-order valence-corrected chi connectivity index (χ2v) is 4.77. The van der Waals surface area contributed by atoms with E-state index in [9.17, 15) is 14.4 Å². The molecule has 0 bridgehead atoms. The first kappa shape index (κ1) is 17.0. The van der Waals surface area contributed by atoms with Crippen molar-refractivity contribution in [1.82, 2.24) is 0 Å². The average molecular weight is 328 g/mol. The van der Waals surface area contributed by atoms with Crippen LogP contribution in [0.5, 0.6) is 5.75 Å². The van der Waals surface area contributed by atoms with Crippen molar-refractivity contribution in [2.24, 2.45) is 0 Å². The van der Waals surface area contributed by atoms with Gasteiger partial charge in [0.05, 0.1) is 12.7 Å². The first-order valence-corrected chi connectivity index (χ1v) is 7.03. The molecule has 24 heavy (non-hydrogen) atoms. The van der Waals surface area contributed by atoms with E-state index in [-0.39, 0.29) is 0 Å². The highest BCUT2D eigenvalue weighted by molar-refractivity contribution is 6.00. The Labute approximate surface area is 138 Å². The van der Waals surface area contributed by atoms with Gasteiger partial charge in [0.1, 0.15) is 5.75 Å². The van der Waals surface area contributed by atoms with Crippen molar-refractivity contribution < 1.29 is 23.9 Å². The summed E-state index contributed by atoms with van der Waals surface area (Å²) < 4.78 is 9.55. The molecule has 0 unspecified atom stereocenters. The Kier molecular flexibility index (Phi) is 5.51. The molecule has 2 aromatic rings. The van der Waals surface area contributed by atoms with E-state index in [1.165, 1.54) is 20.1 Å². The number of amides is 2. The van der Waals surface area contributed by atoms with E-state index < -0.39 is 18.0 Å². The van der Waals surface area contributed by atoms with Crippen molar-refractivity contribution >= 4 is 29.3 Å². The zero-order valence-electron chi connectivity index (χ0n) is 13.2. The second kappa shape index (κ2) is 7.77. The van der Waals surface area contributed by atoms with E-state index in [1.807, 2.05) is 0 Å². The number of hydrogen-bond acceptors (Lipinski definition) is 5. The van der Waals surface area contributed by atoms with Crippen LogP contribution in [0, 0.1) is 0 Å². The molecule has 0 fully saturated rings. The van der Waals surface area contributed by atoms with Crippen LogP contribution in [-0.2, 0) is 9.53 Å². The van der Waals surface area contributed by atoms with Crippen molar-refractivity contribution in [2.45, 2.75) is 6.92 Å². The molecule has 2 rings (SSSR count). The Balaban J connectivity index is 1.98. The summed E-state index contributed by atoms with van der Waals surface area (Å²) in [5.74, 6) is -0.557. The van der Waals surface area contributed by atoms with Gasteiger partial charge >= 0.3 is 18.0 Å². The zero-order valence-corrected chi connectivity index (χ0v) is 13.2. The molecule has 0 radical (unpaired) electrons. The third-order valence-corrected chi connectivity index (χ3v) is 2.92. The lowest BCUT2D eigenvalue weighted by Crippen LogP contribution is -2.19. The molecule has 124 valence electrons. The zero-order chi connectivity index (χ0) is 17.5. The fourth-order valence-corrected chi connectivity index (χ4v) is 1.90. The SMILES string of the molecule is COC(=O)c1ccc(NC(=O)Nc2cccc(OC(C)=O)c2)cc1. The number of methoxy groups -OCH3 is 1. The predicted octanol–water partition coefficient (Wildman–Crippen LogP) is 3.04. The number of carbonyl (C=O) groups is 3. The van der Waals surface area contributed by atoms with E-state index in [0.717, 1.165) is 0 Å². The Morgan fingerprint density at radius 2 is 1.58 bits per heavy atom. The van der Waals surface area contributed by atoms with Gasteiger partial charge in [-0.15, -0.1) is 0 Å². The normalized spacial score (nSPS) is 9.75. The van der Waals surface area contributed by atoms with Gasteiger partial charge < -0.3 is 20.1 Å². The molecule has 7 nitrogen and oxygen atoms in total. The summed E-state index contributed by atoms with van der Waals surface area (Å²) in [7, 11) is 1.30. The Morgan fingerprint density at radius 1 is 0.917 bits per heavy atom. The standard InChI is InChI=1S/C17H16N2O5/c1-11(20)24-15-5-3-4-14(10-15)19-17(22)18-13-8-6-12(7-9-13)16(21)23-2/h3-10H,1-2H3,(H2,18,19,22). The molecule has 0 atom stereocenters. The quantitative estimate of drug-likeness (QED) is 0.664. The molecule has 0 aliphatic carbocycles. The fourth-order valence-electron chi connectivity index (χ4n) is 1.90. The highest BCUT2D eigenvalue weighted by atomic mass is 16.5. The molecule has 2 aromatic carbocycles. The number of urea groups is 1. The molecule has 0 saturated carbocycles. The molecule has 0 aromatic heterocycles. The van der Waals surface area contributed by atoms with E-state index in [0.29, 0.717) is 22.7 Å². The maximum atomic E-state index is 12.0. The van der Waals surface area contributed by atoms with Crippen LogP contribution < -0.4 is 15.4 Å². The smallest absolute Gasteiger partial charge is 0.337 e. The van der Waals surface area contributed by atoms with Crippen LogP contribution >= 0.6 is 0 Å². The van der Waals surface area contributed by atoms with Crippen molar-refractivity contribution in [3.05, 3.63) is 54.1 Å². The molecular weight excluding hydrogens is 312 g/mol. The van der Waals surface area contributed by atoms with Gasteiger partial charge in [0, 0.05) is 24.4 Å². The highest BCUT2D eigenvalue weighted by Gasteiger charge is 2.07. The van der Waals surface area contributed by atoms with Crippen molar-refractivity contribution in [3.63, 3.8) is 0 Å². The van der Waals surface area contributed by atoms with Crippen molar-refractivity contribution in [1.29, 1.82) is 0 Å². The fraction of sp³-hybridized carbons (Fsp3) is 0.118. The third kappa shape index (κ3) is 4.84. The monoisotopic (exact) mass is 328 g/mol. The number of hydrogen-bond donors (Lipinski definition) is 2. The number of carbonyl (C=O) groups excluding carboxylic acids is 3. The van der Waals surface area contributed by atoms with Gasteiger partial charge in [0.15, 0.2) is 0 Å². The van der Waals surface area contributed by atoms with Crippen molar-refractivity contribution in [3.8, 4) is 5.75 Å². The molecule has 2 amide bonds. The van der Waals surface area contributed by atoms with Gasteiger partial charge in [-0.05, 0) is 36.4 Å². The van der Waals surface area contributed by atoms with E-state index in [2.05, 4.69) is 15.4 Å². The summed E-state index contributed by atoms with van der Waals surface area (Å²) >= 11 is 0. The first-order chi connectivity index (χ1) is 11.5. The van der Waals surface area contributed by atoms with Crippen LogP contribution in [0.1, 0.15) is 17.3 Å². The van der Waals surface area contributed by atoms with Crippen LogP contribution in [0.4, 0.5) is 16.2 Å². The van der Waals surface area contributed by atoms with Crippen LogP contribution in [-0.4, -0.2) is 25.1 Å². The summed E-state index contributed by atoms with van der Waals surface area (Å²) in [5.41, 5.74) is 1.37. The maximum absolute atomic E-state index is 12.0. The number of rotatable bonds is 4. The Hall–Kier alpha value is -3.35. The van der Waals surface area contributed by atoms with E-state index in [1.54, 1.807) is 42.5 Å². The molecule has 0 heterocycles. The van der Waals surface area contributed by atoms with E-state index in [4.69, 9.17) is 4.74 Å². The summed E-state index contributed by atoms with van der Waals surface area (Å²) in [6, 6.07) is 12.2. The number of benzene rings is 2. The molecule has 0 spiro atoms. The number of esters is 2. The summed E-state index contributed by atoms with van der Waals surface area (Å²) in [4.78, 5) is 34.2. The molecule has 7 heteroatoms. The topological polar surface area (TPSA) is 93.7 Å². The first-order valence-electron chi connectivity index (χ1n) is 7.03. The van der Waals surface area contributed by atoms with Gasteiger partial charge in [-0.25, -0.2) is 9.59 Å². The molecule has 0 aliphatic rings. The van der Waals surface area contributed by atoms with Crippen molar-refractivity contribution in [2.75, 3.05) is 17.7 Å². The minimum absolute atomic E-state index is 0.336. The lowest BCUT2D eigenvalue weighted by atomic mass is 10.2. The second-order valence-electron chi connectivity index (χ2n) is 4.77. The molecular formula is C17H16N2O5. The van der Waals surface area contributed by atoms with Gasteiger partial charge in [0.2, 0.25) is 0 Å². The number of anilines is 2. The largest absolute Gasteiger partial charge is 0.465 e. The molecule has 0 saturated heterocycles. The predicted molar refractivity (Wildman–Crippen MR) is 88.2 cm³/mol. The maximum Gasteiger partial charge on any atom is 0.337 e. The van der Waals surface area contributed by atoms with Crippen LogP contribution in [0.3, 0.4) is 0 Å². The molecule has 0 aliphatic heterocycles. The number of ether oxygens (including phenoxy) is 2. The summed E-state index contributed by atoms with van der Waals surface area (Å²) in [5, 5.41) is 5.24. The molecule has 2 N–H and O–H groups in total. The lowest BCUT2D eigenvalue weighted by Gasteiger charge is -2.09. The number of nitrogens with one attached hydrogen (secondary N) is 2. The summed E-state index contributed by atoms with van der Waals surface area (Å²) in [6.07, 6.45) is 0. The minimum atomic E-state index is -0.471. The van der Waals surface area contributed by atoms with E-state index >= 15 is 0 Å². The Bertz CT molecular complexity index is 756. The minimum Gasteiger partial charge on any atom is -0.465 e. The summed E-state index contributed by atoms with van der Waals surface area (Å²) in [6.45, 7) is 1.30. The van der Waals surface area contributed by atoms with Gasteiger partial charge in [-0.3, -0.25) is 4.79 Å². The van der Waals surface area contributed by atoms with Gasteiger partial charge in [-0.1, -0.05) is 6.07 Å². The van der Waals surface area contributed by atoms with Gasteiger partial charge in [-0.2, -0.15) is 0 Å². The Morgan fingerprint density at radius 3 is 2.21 bits per heavy atom. The van der Waals surface area contributed by atoms with Crippen LogP contribution in [0.2, 0.25) is 0 Å². The average Bonchev–Trinajstić information content (AvgIpc) is 2.54.